The monoisotopic (exact) mass is 356 g/mol. The standard InChI is InChI=1S/C17H23BClFO4/c1-6-22-15(21)10-14(11-7-12(19)9-13(20)8-11)18-23-16(2,3)17(4,5)24-18/h7-9,14H,6,10H2,1-5H3. The van der Waals surface area contributed by atoms with E-state index in [4.69, 9.17) is 25.6 Å². The van der Waals surface area contributed by atoms with Crippen LogP contribution in [0.5, 0.6) is 0 Å². The molecular weight excluding hydrogens is 333 g/mol. The Hall–Kier alpha value is -1.11. The number of halogens is 2. The summed E-state index contributed by atoms with van der Waals surface area (Å²) in [5, 5.41) is 0.260. The number of benzene rings is 1. The predicted molar refractivity (Wildman–Crippen MR) is 91.5 cm³/mol. The first-order valence-corrected chi connectivity index (χ1v) is 8.41. The quantitative estimate of drug-likeness (QED) is 0.587. The van der Waals surface area contributed by atoms with Gasteiger partial charge in [0.1, 0.15) is 5.82 Å². The third kappa shape index (κ3) is 4.10. The van der Waals surface area contributed by atoms with Crippen LogP contribution in [0.4, 0.5) is 4.39 Å². The number of ether oxygens (including phenoxy) is 1. The first-order valence-electron chi connectivity index (χ1n) is 8.03. The van der Waals surface area contributed by atoms with E-state index in [0.29, 0.717) is 5.56 Å². The molecule has 1 atom stereocenters. The van der Waals surface area contributed by atoms with Gasteiger partial charge in [0.05, 0.1) is 24.2 Å². The van der Waals surface area contributed by atoms with Gasteiger partial charge in [-0.25, -0.2) is 4.39 Å². The Morgan fingerprint density at radius 2 is 1.83 bits per heavy atom. The van der Waals surface area contributed by atoms with Crippen molar-refractivity contribution in [2.75, 3.05) is 6.61 Å². The van der Waals surface area contributed by atoms with Crippen LogP contribution in [0.2, 0.25) is 5.02 Å². The molecule has 0 N–H and O–H groups in total. The number of carbonyl (C=O) groups excluding carboxylic acids is 1. The van der Waals surface area contributed by atoms with Crippen molar-refractivity contribution in [3.63, 3.8) is 0 Å². The van der Waals surface area contributed by atoms with Gasteiger partial charge in [0.25, 0.3) is 0 Å². The Morgan fingerprint density at radius 1 is 1.25 bits per heavy atom. The van der Waals surface area contributed by atoms with Crippen LogP contribution in [0, 0.1) is 5.82 Å². The lowest BCUT2D eigenvalue weighted by atomic mass is 9.66. The van der Waals surface area contributed by atoms with Gasteiger partial charge in [-0.3, -0.25) is 4.79 Å². The molecular formula is C17H23BClFO4. The number of hydrogen-bond acceptors (Lipinski definition) is 4. The first kappa shape index (κ1) is 19.2. The van der Waals surface area contributed by atoms with Crippen molar-refractivity contribution < 1.29 is 23.2 Å². The number of hydrogen-bond donors (Lipinski definition) is 0. The summed E-state index contributed by atoms with van der Waals surface area (Å²) in [7, 11) is -0.697. The highest BCUT2D eigenvalue weighted by atomic mass is 35.5. The molecule has 1 heterocycles. The normalized spacial score (nSPS) is 20.0. The van der Waals surface area contributed by atoms with E-state index in [2.05, 4.69) is 0 Å². The van der Waals surface area contributed by atoms with Gasteiger partial charge >= 0.3 is 13.1 Å². The van der Waals surface area contributed by atoms with Crippen LogP contribution in [-0.2, 0) is 18.8 Å². The Morgan fingerprint density at radius 3 is 2.33 bits per heavy atom. The average Bonchev–Trinajstić information content (AvgIpc) is 2.63. The Kier molecular flexibility index (Phi) is 5.62. The zero-order valence-corrected chi connectivity index (χ0v) is 15.4. The molecule has 1 unspecified atom stereocenters. The maximum absolute atomic E-state index is 13.8. The lowest BCUT2D eigenvalue weighted by Crippen LogP contribution is -2.41. The molecule has 1 saturated heterocycles. The Balaban J connectivity index is 2.35. The van der Waals surface area contributed by atoms with E-state index >= 15 is 0 Å². The largest absolute Gasteiger partial charge is 0.466 e. The van der Waals surface area contributed by atoms with Crippen LogP contribution in [0.3, 0.4) is 0 Å². The summed E-state index contributed by atoms with van der Waals surface area (Å²) >= 11 is 5.97. The zero-order chi connectivity index (χ0) is 18.1. The molecule has 0 bridgehead atoms. The van der Waals surface area contributed by atoms with Crippen molar-refractivity contribution >= 4 is 24.7 Å². The molecule has 1 aromatic carbocycles. The third-order valence-electron chi connectivity index (χ3n) is 4.60. The van der Waals surface area contributed by atoms with Crippen LogP contribution in [-0.4, -0.2) is 30.9 Å². The third-order valence-corrected chi connectivity index (χ3v) is 4.82. The topological polar surface area (TPSA) is 44.8 Å². The van der Waals surface area contributed by atoms with Crippen molar-refractivity contribution in [1.82, 2.24) is 0 Å². The lowest BCUT2D eigenvalue weighted by molar-refractivity contribution is -0.143. The molecule has 0 aliphatic carbocycles. The zero-order valence-electron chi connectivity index (χ0n) is 14.7. The van der Waals surface area contributed by atoms with E-state index in [-0.39, 0.29) is 18.1 Å². The number of carbonyl (C=O) groups is 1. The van der Waals surface area contributed by atoms with Gasteiger partial charge in [-0.1, -0.05) is 11.6 Å². The van der Waals surface area contributed by atoms with Gasteiger partial charge in [0.15, 0.2) is 0 Å². The first-order chi connectivity index (χ1) is 11.1. The second-order valence-electron chi connectivity index (χ2n) is 6.94. The summed E-state index contributed by atoms with van der Waals surface area (Å²) in [5.74, 6) is -1.38. The predicted octanol–water partition coefficient (Wildman–Crippen LogP) is 4.15. The maximum Gasteiger partial charge on any atom is 0.466 e. The van der Waals surface area contributed by atoms with E-state index in [9.17, 15) is 9.18 Å². The van der Waals surface area contributed by atoms with E-state index in [1.807, 2.05) is 27.7 Å². The van der Waals surface area contributed by atoms with Gasteiger partial charge in [0, 0.05) is 10.8 Å². The van der Waals surface area contributed by atoms with Crippen LogP contribution in [0.25, 0.3) is 0 Å². The van der Waals surface area contributed by atoms with Gasteiger partial charge in [-0.2, -0.15) is 0 Å². The van der Waals surface area contributed by atoms with Gasteiger partial charge in [-0.05, 0) is 58.4 Å². The number of rotatable bonds is 5. The minimum atomic E-state index is -0.697. The molecule has 0 radical (unpaired) electrons. The second kappa shape index (κ2) is 7.02. The van der Waals surface area contributed by atoms with Crippen molar-refractivity contribution in [2.45, 2.75) is 58.1 Å². The molecule has 1 aliphatic heterocycles. The van der Waals surface area contributed by atoms with E-state index < -0.39 is 35.9 Å². The Bertz CT molecular complexity index is 584. The molecule has 1 aromatic rings. The van der Waals surface area contributed by atoms with Gasteiger partial charge in [0.2, 0.25) is 0 Å². The second-order valence-corrected chi connectivity index (χ2v) is 7.38. The molecule has 7 heteroatoms. The highest BCUT2D eigenvalue weighted by molar-refractivity contribution is 6.48. The summed E-state index contributed by atoms with van der Waals surface area (Å²) in [6.45, 7) is 9.71. The highest BCUT2D eigenvalue weighted by Gasteiger charge is 2.54. The fourth-order valence-electron chi connectivity index (χ4n) is 2.61. The molecule has 0 amide bonds. The van der Waals surface area contributed by atoms with E-state index in [1.165, 1.54) is 12.1 Å². The van der Waals surface area contributed by atoms with Gasteiger partial charge < -0.3 is 14.0 Å². The fraction of sp³-hybridized carbons (Fsp3) is 0.588. The highest BCUT2D eigenvalue weighted by Crippen LogP contribution is 2.42. The van der Waals surface area contributed by atoms with Crippen LogP contribution < -0.4 is 0 Å². The SMILES string of the molecule is CCOC(=O)CC(B1OC(C)(C)C(C)(C)O1)c1cc(F)cc(Cl)c1. The molecule has 0 spiro atoms. The fourth-order valence-corrected chi connectivity index (χ4v) is 2.84. The molecule has 0 aromatic heterocycles. The molecule has 24 heavy (non-hydrogen) atoms. The molecule has 132 valence electrons. The summed E-state index contributed by atoms with van der Waals surface area (Å²) < 4.78 is 30.9. The van der Waals surface area contributed by atoms with E-state index in [1.54, 1.807) is 13.0 Å². The summed E-state index contributed by atoms with van der Waals surface area (Å²) in [5.41, 5.74) is -0.560. The van der Waals surface area contributed by atoms with Crippen molar-refractivity contribution in [3.05, 3.63) is 34.6 Å². The minimum absolute atomic E-state index is 0.0183. The average molecular weight is 357 g/mol. The lowest BCUT2D eigenvalue weighted by Gasteiger charge is -2.32. The van der Waals surface area contributed by atoms with Gasteiger partial charge in [-0.15, -0.1) is 0 Å². The molecule has 1 aliphatic rings. The molecule has 4 nitrogen and oxygen atoms in total. The Labute approximate surface area is 147 Å². The summed E-state index contributed by atoms with van der Waals surface area (Å²) in [6, 6.07) is 4.19. The van der Waals surface area contributed by atoms with Crippen molar-refractivity contribution in [1.29, 1.82) is 0 Å². The number of esters is 1. The van der Waals surface area contributed by atoms with Crippen molar-refractivity contribution in [2.24, 2.45) is 0 Å². The molecule has 1 fully saturated rings. The maximum atomic E-state index is 13.8. The minimum Gasteiger partial charge on any atom is -0.466 e. The van der Waals surface area contributed by atoms with Crippen molar-refractivity contribution in [3.8, 4) is 0 Å². The van der Waals surface area contributed by atoms with Crippen LogP contribution in [0.15, 0.2) is 18.2 Å². The molecule has 2 rings (SSSR count). The van der Waals surface area contributed by atoms with E-state index in [0.717, 1.165) is 0 Å². The summed E-state index contributed by atoms with van der Waals surface area (Å²) in [6.07, 6.45) is 0.0183. The van der Waals surface area contributed by atoms with Crippen LogP contribution in [0.1, 0.15) is 52.4 Å². The smallest absolute Gasteiger partial charge is 0.466 e. The summed E-state index contributed by atoms with van der Waals surface area (Å²) in [4.78, 5) is 12.0. The van der Waals surface area contributed by atoms with Crippen LogP contribution >= 0.6 is 11.6 Å². The molecule has 0 saturated carbocycles.